The van der Waals surface area contributed by atoms with Crippen LogP contribution in [0.25, 0.3) is 0 Å². The number of ketones is 1. The fourth-order valence-corrected chi connectivity index (χ4v) is 4.00. The van der Waals surface area contributed by atoms with E-state index in [0.717, 1.165) is 6.42 Å². The highest BCUT2D eigenvalue weighted by atomic mass is 32.2. The van der Waals surface area contributed by atoms with E-state index in [1.165, 1.54) is 38.3 Å². The average molecular weight is 388 g/mol. The van der Waals surface area contributed by atoms with Crippen molar-refractivity contribution in [1.29, 1.82) is 0 Å². The van der Waals surface area contributed by atoms with Crippen LogP contribution >= 0.6 is 0 Å². The summed E-state index contributed by atoms with van der Waals surface area (Å²) in [6.07, 6.45) is 1.21. The van der Waals surface area contributed by atoms with Gasteiger partial charge < -0.3 is 9.64 Å². The Hall–Kier alpha value is -2.87. The molecular weight excluding hydrogens is 368 g/mol. The molecule has 0 aliphatic carbocycles. The number of benzene rings is 2. The number of rotatable bonds is 6. The smallest absolute Gasteiger partial charge is 0.261 e. The fraction of sp³-hybridized carbons (Fsp3) is 0.263. The lowest BCUT2D eigenvalue weighted by Crippen LogP contribution is -2.24. The third-order valence-electron chi connectivity index (χ3n) is 4.37. The van der Waals surface area contributed by atoms with Gasteiger partial charge in [-0.05, 0) is 43.7 Å². The van der Waals surface area contributed by atoms with Gasteiger partial charge in [-0.2, -0.15) is 0 Å². The summed E-state index contributed by atoms with van der Waals surface area (Å²) in [4.78, 5) is 25.0. The Morgan fingerprint density at radius 1 is 1.15 bits per heavy atom. The number of sulfonamides is 1. The van der Waals surface area contributed by atoms with E-state index >= 15 is 0 Å². The normalized spacial score (nSPS) is 14.3. The zero-order valence-electron chi connectivity index (χ0n) is 15.1. The highest BCUT2D eigenvalue weighted by Crippen LogP contribution is 2.34. The number of ether oxygens (including phenoxy) is 1. The molecule has 3 rings (SSSR count). The monoisotopic (exact) mass is 388 g/mol. The minimum Gasteiger partial charge on any atom is -0.495 e. The van der Waals surface area contributed by atoms with Crippen LogP contribution in [0.1, 0.15) is 30.1 Å². The van der Waals surface area contributed by atoms with Crippen LogP contribution in [0.3, 0.4) is 0 Å². The number of amides is 1. The topological polar surface area (TPSA) is 92.8 Å². The van der Waals surface area contributed by atoms with Crippen molar-refractivity contribution in [2.24, 2.45) is 0 Å². The first-order valence-electron chi connectivity index (χ1n) is 8.44. The van der Waals surface area contributed by atoms with Gasteiger partial charge in [0.1, 0.15) is 5.75 Å². The van der Waals surface area contributed by atoms with E-state index < -0.39 is 10.0 Å². The maximum Gasteiger partial charge on any atom is 0.261 e. The zero-order valence-corrected chi connectivity index (χ0v) is 15.9. The molecule has 27 heavy (non-hydrogen) atoms. The van der Waals surface area contributed by atoms with Gasteiger partial charge in [0.15, 0.2) is 5.78 Å². The number of methoxy groups -OCH3 is 1. The number of nitrogens with one attached hydrogen (secondary N) is 1. The van der Waals surface area contributed by atoms with Crippen LogP contribution in [-0.2, 0) is 14.8 Å². The Morgan fingerprint density at radius 3 is 2.41 bits per heavy atom. The molecule has 1 heterocycles. The van der Waals surface area contributed by atoms with Gasteiger partial charge in [-0.15, -0.1) is 0 Å². The molecule has 0 atom stereocenters. The third-order valence-corrected chi connectivity index (χ3v) is 5.76. The molecule has 1 fully saturated rings. The van der Waals surface area contributed by atoms with Crippen LogP contribution in [0, 0.1) is 0 Å². The summed E-state index contributed by atoms with van der Waals surface area (Å²) in [5, 5.41) is 0. The maximum atomic E-state index is 12.6. The number of carbonyl (C=O) groups is 2. The summed E-state index contributed by atoms with van der Waals surface area (Å²) >= 11 is 0. The maximum absolute atomic E-state index is 12.6. The Labute approximate surface area is 158 Å². The molecule has 1 saturated heterocycles. The first-order chi connectivity index (χ1) is 12.8. The van der Waals surface area contributed by atoms with Gasteiger partial charge in [-0.1, -0.05) is 12.1 Å². The van der Waals surface area contributed by atoms with Crippen LogP contribution in [0.15, 0.2) is 47.4 Å². The largest absolute Gasteiger partial charge is 0.495 e. The van der Waals surface area contributed by atoms with E-state index in [2.05, 4.69) is 4.72 Å². The predicted molar refractivity (Wildman–Crippen MR) is 102 cm³/mol. The Kier molecular flexibility index (Phi) is 5.18. The molecule has 0 unspecified atom stereocenters. The lowest BCUT2D eigenvalue weighted by atomic mass is 10.2. The van der Waals surface area contributed by atoms with Crippen molar-refractivity contribution in [1.82, 2.24) is 0 Å². The number of hydrogen-bond donors (Lipinski definition) is 1. The second kappa shape index (κ2) is 7.40. The molecule has 1 amide bonds. The van der Waals surface area contributed by atoms with E-state index in [9.17, 15) is 18.0 Å². The molecule has 0 bridgehead atoms. The molecule has 1 aliphatic heterocycles. The SMILES string of the molecule is COc1ccc(NS(=O)(=O)c2ccc(C(C)=O)cc2)cc1N1CCCC1=O. The first kappa shape index (κ1) is 18.9. The minimum atomic E-state index is -3.83. The molecule has 7 nitrogen and oxygen atoms in total. The van der Waals surface area contributed by atoms with Gasteiger partial charge in [0.2, 0.25) is 5.91 Å². The van der Waals surface area contributed by atoms with Crippen molar-refractivity contribution in [2.45, 2.75) is 24.7 Å². The molecule has 1 N–H and O–H groups in total. The molecule has 1 aliphatic rings. The first-order valence-corrected chi connectivity index (χ1v) is 9.92. The number of hydrogen-bond acceptors (Lipinski definition) is 5. The Morgan fingerprint density at radius 2 is 1.85 bits per heavy atom. The van der Waals surface area contributed by atoms with Crippen molar-refractivity contribution < 1.29 is 22.7 Å². The summed E-state index contributed by atoms with van der Waals surface area (Å²) in [5.74, 6) is 0.342. The lowest BCUT2D eigenvalue weighted by Gasteiger charge is -2.20. The van der Waals surface area contributed by atoms with Crippen molar-refractivity contribution in [2.75, 3.05) is 23.3 Å². The predicted octanol–water partition coefficient (Wildman–Crippen LogP) is 2.83. The highest BCUT2D eigenvalue weighted by Gasteiger charge is 2.25. The van der Waals surface area contributed by atoms with E-state index in [-0.39, 0.29) is 16.6 Å². The van der Waals surface area contributed by atoms with Gasteiger partial charge in [0.05, 0.1) is 23.4 Å². The number of anilines is 2. The van der Waals surface area contributed by atoms with E-state index in [4.69, 9.17) is 4.74 Å². The second-order valence-corrected chi connectivity index (χ2v) is 7.90. The van der Waals surface area contributed by atoms with Crippen molar-refractivity contribution in [3.05, 3.63) is 48.0 Å². The van der Waals surface area contributed by atoms with Crippen molar-refractivity contribution in [3.63, 3.8) is 0 Å². The second-order valence-electron chi connectivity index (χ2n) is 6.22. The number of Topliss-reactive ketones (excluding diaryl/α,β-unsaturated/α-hetero) is 1. The molecule has 8 heteroatoms. The summed E-state index contributed by atoms with van der Waals surface area (Å²) in [5.41, 5.74) is 1.29. The summed E-state index contributed by atoms with van der Waals surface area (Å²) in [6, 6.07) is 10.5. The fourth-order valence-electron chi connectivity index (χ4n) is 2.95. The molecule has 0 saturated carbocycles. The summed E-state index contributed by atoms with van der Waals surface area (Å²) < 4.78 is 33.1. The standard InChI is InChI=1S/C19H20N2O5S/c1-13(22)14-5-8-16(9-6-14)27(24,25)20-15-7-10-18(26-2)17(12-15)21-11-3-4-19(21)23/h5-10,12,20H,3-4,11H2,1-2H3. The number of nitrogens with zero attached hydrogens (tertiary/aromatic N) is 1. The van der Waals surface area contributed by atoms with Gasteiger partial charge in [-0.25, -0.2) is 8.42 Å². The summed E-state index contributed by atoms with van der Waals surface area (Å²) in [6.45, 7) is 1.98. The van der Waals surface area contributed by atoms with Crippen molar-refractivity contribution in [3.8, 4) is 5.75 Å². The van der Waals surface area contributed by atoms with E-state index in [1.807, 2.05) is 0 Å². The highest BCUT2D eigenvalue weighted by molar-refractivity contribution is 7.92. The molecular formula is C19H20N2O5S. The van der Waals surface area contributed by atoms with Gasteiger partial charge >= 0.3 is 0 Å². The molecule has 142 valence electrons. The van der Waals surface area contributed by atoms with Crippen LogP contribution in [-0.4, -0.2) is 33.8 Å². The van der Waals surface area contributed by atoms with Gasteiger partial charge in [0.25, 0.3) is 10.0 Å². The van der Waals surface area contributed by atoms with Crippen molar-refractivity contribution >= 4 is 33.1 Å². The minimum absolute atomic E-state index is 0.0203. The third kappa shape index (κ3) is 3.95. The molecule has 0 spiro atoms. The molecule has 0 radical (unpaired) electrons. The van der Waals surface area contributed by atoms with Crippen LogP contribution < -0.4 is 14.4 Å². The van der Waals surface area contributed by atoms with E-state index in [0.29, 0.717) is 35.7 Å². The molecule has 2 aromatic carbocycles. The zero-order chi connectivity index (χ0) is 19.6. The molecule has 2 aromatic rings. The van der Waals surface area contributed by atoms with Gasteiger partial charge in [-0.3, -0.25) is 14.3 Å². The quantitative estimate of drug-likeness (QED) is 0.768. The number of carbonyl (C=O) groups excluding carboxylic acids is 2. The Balaban J connectivity index is 1.90. The van der Waals surface area contributed by atoms with Gasteiger partial charge in [0, 0.05) is 18.5 Å². The summed E-state index contributed by atoms with van der Waals surface area (Å²) in [7, 11) is -2.33. The van der Waals surface area contributed by atoms with Crippen LogP contribution in [0.2, 0.25) is 0 Å². The van der Waals surface area contributed by atoms with Crippen LogP contribution in [0.5, 0.6) is 5.75 Å². The molecule has 0 aromatic heterocycles. The average Bonchev–Trinajstić information content (AvgIpc) is 3.07. The lowest BCUT2D eigenvalue weighted by molar-refractivity contribution is -0.117. The van der Waals surface area contributed by atoms with E-state index in [1.54, 1.807) is 23.1 Å². The van der Waals surface area contributed by atoms with Crippen LogP contribution in [0.4, 0.5) is 11.4 Å². The Bertz CT molecular complexity index is 984.